The van der Waals surface area contributed by atoms with Crippen LogP contribution in [0, 0.1) is 5.92 Å². The average Bonchev–Trinajstić information content (AvgIpc) is 2.67. The van der Waals surface area contributed by atoms with Gasteiger partial charge in [0.05, 0.1) is 12.1 Å². The number of hydrogen-bond donors (Lipinski definition) is 4. The third kappa shape index (κ3) is 7.98. The Labute approximate surface area is 166 Å². The standard InChI is InChI=1S/C22H30N2O4/c1-16(2)13-23-14-21(25)20(24-22(26)27)12-17-8-10-19(11-9-17)28-15-18-6-4-3-5-7-18/h3-11,16,20-21,23-25H,12-15H2,1-2H3,(H,26,27)/t20-,21+/m0/s1. The minimum Gasteiger partial charge on any atom is -0.489 e. The lowest BCUT2D eigenvalue weighted by atomic mass is 10.0. The first-order valence-electron chi connectivity index (χ1n) is 9.58. The Hall–Kier alpha value is -2.57. The van der Waals surface area contributed by atoms with Gasteiger partial charge in [-0.2, -0.15) is 0 Å². The molecule has 0 aliphatic rings. The van der Waals surface area contributed by atoms with Crippen molar-refractivity contribution in [2.75, 3.05) is 13.1 Å². The second-order valence-corrected chi connectivity index (χ2v) is 7.30. The van der Waals surface area contributed by atoms with Crippen LogP contribution in [-0.2, 0) is 13.0 Å². The molecular weight excluding hydrogens is 356 g/mol. The van der Waals surface area contributed by atoms with E-state index in [9.17, 15) is 9.90 Å². The number of carbonyl (C=O) groups is 1. The largest absolute Gasteiger partial charge is 0.489 e. The van der Waals surface area contributed by atoms with E-state index in [1.54, 1.807) is 0 Å². The van der Waals surface area contributed by atoms with Crippen LogP contribution in [0.4, 0.5) is 4.79 Å². The summed E-state index contributed by atoms with van der Waals surface area (Å²) in [6, 6.07) is 16.8. The van der Waals surface area contributed by atoms with Crippen molar-refractivity contribution in [3.8, 4) is 5.75 Å². The SMILES string of the molecule is CC(C)CNC[C@@H](O)[C@H](Cc1ccc(OCc2ccccc2)cc1)NC(=O)O. The molecular formula is C22H30N2O4. The number of ether oxygens (including phenoxy) is 1. The molecule has 1 amide bonds. The lowest BCUT2D eigenvalue weighted by Gasteiger charge is -2.24. The van der Waals surface area contributed by atoms with Crippen LogP contribution in [0.2, 0.25) is 0 Å². The second kappa shape index (κ2) is 11.3. The summed E-state index contributed by atoms with van der Waals surface area (Å²) in [5, 5.41) is 25.1. The van der Waals surface area contributed by atoms with Crippen molar-refractivity contribution in [1.82, 2.24) is 10.6 Å². The first-order valence-corrected chi connectivity index (χ1v) is 9.58. The van der Waals surface area contributed by atoms with Crippen LogP contribution in [0.25, 0.3) is 0 Å². The van der Waals surface area contributed by atoms with Gasteiger partial charge in [0.2, 0.25) is 0 Å². The minimum atomic E-state index is -1.14. The van der Waals surface area contributed by atoms with Crippen molar-refractivity contribution in [3.05, 3.63) is 65.7 Å². The lowest BCUT2D eigenvalue weighted by molar-refractivity contribution is 0.117. The van der Waals surface area contributed by atoms with Gasteiger partial charge < -0.3 is 25.6 Å². The molecule has 0 fully saturated rings. The number of carboxylic acid groups (broad SMARTS) is 1. The molecule has 0 spiro atoms. The maximum Gasteiger partial charge on any atom is 0.404 e. The smallest absolute Gasteiger partial charge is 0.404 e. The van der Waals surface area contributed by atoms with E-state index in [1.165, 1.54) is 0 Å². The minimum absolute atomic E-state index is 0.335. The van der Waals surface area contributed by atoms with Crippen LogP contribution >= 0.6 is 0 Å². The van der Waals surface area contributed by atoms with Gasteiger partial charge in [-0.25, -0.2) is 4.79 Å². The number of aliphatic hydroxyl groups excluding tert-OH is 1. The molecule has 2 aromatic carbocycles. The zero-order valence-electron chi connectivity index (χ0n) is 16.5. The summed E-state index contributed by atoms with van der Waals surface area (Å²) in [6.45, 7) is 5.75. The zero-order chi connectivity index (χ0) is 20.4. The average molecular weight is 386 g/mol. The second-order valence-electron chi connectivity index (χ2n) is 7.30. The molecule has 2 atom stereocenters. The van der Waals surface area contributed by atoms with Gasteiger partial charge in [-0.15, -0.1) is 0 Å². The summed E-state index contributed by atoms with van der Waals surface area (Å²) < 4.78 is 5.77. The van der Waals surface area contributed by atoms with E-state index in [-0.39, 0.29) is 0 Å². The molecule has 0 aromatic heterocycles. The molecule has 152 valence electrons. The maximum atomic E-state index is 11.1. The van der Waals surface area contributed by atoms with Gasteiger partial charge in [-0.3, -0.25) is 0 Å². The highest BCUT2D eigenvalue weighted by molar-refractivity contribution is 5.65. The first kappa shape index (κ1) is 21.7. The number of hydrogen-bond acceptors (Lipinski definition) is 4. The number of benzene rings is 2. The van der Waals surface area contributed by atoms with Crippen molar-refractivity contribution in [2.45, 2.75) is 39.0 Å². The topological polar surface area (TPSA) is 90.8 Å². The van der Waals surface area contributed by atoms with Gasteiger partial charge in [-0.1, -0.05) is 56.3 Å². The summed E-state index contributed by atoms with van der Waals surface area (Å²) in [5.74, 6) is 1.20. The molecule has 4 N–H and O–H groups in total. The van der Waals surface area contributed by atoms with E-state index in [0.29, 0.717) is 25.5 Å². The fourth-order valence-corrected chi connectivity index (χ4v) is 2.82. The quantitative estimate of drug-likeness (QED) is 0.477. The predicted octanol–water partition coefficient (Wildman–Crippen LogP) is 3.05. The third-order valence-corrected chi connectivity index (χ3v) is 4.31. The summed E-state index contributed by atoms with van der Waals surface area (Å²) in [5.41, 5.74) is 2.02. The molecule has 2 aromatic rings. The van der Waals surface area contributed by atoms with E-state index in [4.69, 9.17) is 9.84 Å². The third-order valence-electron chi connectivity index (χ3n) is 4.31. The Morgan fingerprint density at radius 2 is 1.68 bits per heavy atom. The molecule has 0 aliphatic carbocycles. The van der Waals surface area contributed by atoms with Crippen molar-refractivity contribution >= 4 is 6.09 Å². The zero-order valence-corrected chi connectivity index (χ0v) is 16.5. The normalized spacial score (nSPS) is 13.1. The molecule has 0 saturated heterocycles. The van der Waals surface area contributed by atoms with Gasteiger partial charge in [0.15, 0.2) is 0 Å². The highest BCUT2D eigenvalue weighted by Gasteiger charge is 2.21. The Morgan fingerprint density at radius 1 is 1.00 bits per heavy atom. The molecule has 2 rings (SSSR count). The van der Waals surface area contributed by atoms with Crippen molar-refractivity contribution in [1.29, 1.82) is 0 Å². The van der Waals surface area contributed by atoms with Gasteiger partial charge in [0.25, 0.3) is 0 Å². The highest BCUT2D eigenvalue weighted by atomic mass is 16.5. The molecule has 6 nitrogen and oxygen atoms in total. The van der Waals surface area contributed by atoms with Crippen LogP contribution < -0.4 is 15.4 Å². The Kier molecular flexibility index (Phi) is 8.78. The summed E-state index contributed by atoms with van der Waals surface area (Å²) in [7, 11) is 0. The molecule has 0 aliphatic heterocycles. The molecule has 0 saturated carbocycles. The van der Waals surface area contributed by atoms with E-state index >= 15 is 0 Å². The van der Waals surface area contributed by atoms with Gasteiger partial charge in [-0.05, 0) is 42.1 Å². The van der Waals surface area contributed by atoms with Crippen LogP contribution in [-0.4, -0.2) is 41.5 Å². The summed E-state index contributed by atoms with van der Waals surface area (Å²) >= 11 is 0. The van der Waals surface area contributed by atoms with Crippen molar-refractivity contribution in [3.63, 3.8) is 0 Å². The molecule has 0 radical (unpaired) electrons. The summed E-state index contributed by atoms with van der Waals surface area (Å²) in [4.78, 5) is 11.1. The fourth-order valence-electron chi connectivity index (χ4n) is 2.82. The highest BCUT2D eigenvalue weighted by Crippen LogP contribution is 2.16. The molecule has 0 bridgehead atoms. The first-order chi connectivity index (χ1) is 13.4. The van der Waals surface area contributed by atoms with E-state index < -0.39 is 18.2 Å². The number of amides is 1. The Morgan fingerprint density at radius 3 is 2.29 bits per heavy atom. The lowest BCUT2D eigenvalue weighted by Crippen LogP contribution is -2.48. The Balaban J connectivity index is 1.90. The molecule has 0 unspecified atom stereocenters. The van der Waals surface area contributed by atoms with Gasteiger partial charge in [0, 0.05) is 6.54 Å². The van der Waals surface area contributed by atoms with Crippen molar-refractivity contribution in [2.24, 2.45) is 5.92 Å². The van der Waals surface area contributed by atoms with Crippen LogP contribution in [0.15, 0.2) is 54.6 Å². The van der Waals surface area contributed by atoms with E-state index in [2.05, 4.69) is 24.5 Å². The van der Waals surface area contributed by atoms with Crippen LogP contribution in [0.3, 0.4) is 0 Å². The summed E-state index contributed by atoms with van der Waals surface area (Å²) in [6.07, 6.45) is -1.56. The number of rotatable bonds is 11. The predicted molar refractivity (Wildman–Crippen MR) is 110 cm³/mol. The molecule has 6 heteroatoms. The molecule has 28 heavy (non-hydrogen) atoms. The fraction of sp³-hybridized carbons (Fsp3) is 0.409. The maximum absolute atomic E-state index is 11.1. The number of nitrogens with one attached hydrogen (secondary N) is 2. The van der Waals surface area contributed by atoms with E-state index in [1.807, 2.05) is 54.6 Å². The van der Waals surface area contributed by atoms with Crippen LogP contribution in [0.5, 0.6) is 5.75 Å². The van der Waals surface area contributed by atoms with Crippen LogP contribution in [0.1, 0.15) is 25.0 Å². The Bertz CT molecular complexity index is 704. The van der Waals surface area contributed by atoms with Crippen molar-refractivity contribution < 1.29 is 19.7 Å². The van der Waals surface area contributed by atoms with E-state index in [0.717, 1.165) is 23.4 Å². The molecule has 0 heterocycles. The monoisotopic (exact) mass is 386 g/mol. The van der Waals surface area contributed by atoms with Gasteiger partial charge >= 0.3 is 6.09 Å². The number of aliphatic hydroxyl groups is 1. The van der Waals surface area contributed by atoms with Gasteiger partial charge in [0.1, 0.15) is 12.4 Å².